The highest BCUT2D eigenvalue weighted by Gasteiger charge is 1.94. The Hall–Kier alpha value is -0.870. The first-order valence-electron chi connectivity index (χ1n) is 6.53. The SMILES string of the molecule is CC(C)CCOCCNCCCn1ccnc1. The van der Waals surface area contributed by atoms with Crippen molar-refractivity contribution < 1.29 is 4.74 Å². The average Bonchev–Trinajstić information content (AvgIpc) is 2.79. The van der Waals surface area contributed by atoms with Gasteiger partial charge in [0, 0.05) is 32.1 Å². The summed E-state index contributed by atoms with van der Waals surface area (Å²) in [6.07, 6.45) is 7.95. The Balaban J connectivity index is 1.79. The lowest BCUT2D eigenvalue weighted by atomic mass is 10.1. The van der Waals surface area contributed by atoms with E-state index in [0.29, 0.717) is 0 Å². The molecule has 4 nitrogen and oxygen atoms in total. The van der Waals surface area contributed by atoms with Crippen LogP contribution in [0.2, 0.25) is 0 Å². The lowest BCUT2D eigenvalue weighted by Crippen LogP contribution is -2.22. The molecule has 0 unspecified atom stereocenters. The second kappa shape index (κ2) is 9.19. The summed E-state index contributed by atoms with van der Waals surface area (Å²) in [5, 5.41) is 3.38. The number of aryl methyl sites for hydroxylation is 1. The van der Waals surface area contributed by atoms with Crippen LogP contribution in [0.4, 0.5) is 0 Å². The van der Waals surface area contributed by atoms with E-state index in [0.717, 1.165) is 51.6 Å². The maximum Gasteiger partial charge on any atom is 0.0945 e. The first kappa shape index (κ1) is 14.2. The van der Waals surface area contributed by atoms with Crippen molar-refractivity contribution in [1.29, 1.82) is 0 Å². The first-order valence-corrected chi connectivity index (χ1v) is 6.53. The largest absolute Gasteiger partial charge is 0.380 e. The van der Waals surface area contributed by atoms with Crippen molar-refractivity contribution in [3.63, 3.8) is 0 Å². The van der Waals surface area contributed by atoms with E-state index >= 15 is 0 Å². The fraction of sp³-hybridized carbons (Fsp3) is 0.769. The lowest BCUT2D eigenvalue weighted by Gasteiger charge is -2.07. The van der Waals surface area contributed by atoms with Crippen molar-refractivity contribution in [1.82, 2.24) is 14.9 Å². The Bertz CT molecular complexity index is 260. The molecule has 0 spiro atoms. The summed E-state index contributed by atoms with van der Waals surface area (Å²) in [5.74, 6) is 0.734. The molecule has 0 aliphatic heterocycles. The summed E-state index contributed by atoms with van der Waals surface area (Å²) in [6.45, 7) is 9.15. The van der Waals surface area contributed by atoms with Gasteiger partial charge < -0.3 is 14.6 Å². The van der Waals surface area contributed by atoms with Crippen LogP contribution in [-0.4, -0.2) is 35.9 Å². The number of ether oxygens (including phenoxy) is 1. The van der Waals surface area contributed by atoms with Gasteiger partial charge in [-0.2, -0.15) is 0 Å². The second-order valence-corrected chi connectivity index (χ2v) is 4.70. The van der Waals surface area contributed by atoms with Crippen molar-refractivity contribution in [2.45, 2.75) is 33.2 Å². The third-order valence-corrected chi connectivity index (χ3v) is 2.59. The summed E-state index contributed by atoms with van der Waals surface area (Å²) in [7, 11) is 0. The molecule has 0 radical (unpaired) electrons. The minimum Gasteiger partial charge on any atom is -0.380 e. The maximum atomic E-state index is 5.52. The van der Waals surface area contributed by atoms with Crippen LogP contribution in [0.15, 0.2) is 18.7 Å². The van der Waals surface area contributed by atoms with Gasteiger partial charge in [0.15, 0.2) is 0 Å². The van der Waals surface area contributed by atoms with Crippen molar-refractivity contribution in [2.75, 3.05) is 26.3 Å². The van der Waals surface area contributed by atoms with Crippen LogP contribution in [0.25, 0.3) is 0 Å². The molecule has 98 valence electrons. The van der Waals surface area contributed by atoms with Crippen LogP contribution in [-0.2, 0) is 11.3 Å². The van der Waals surface area contributed by atoms with Gasteiger partial charge in [0.05, 0.1) is 12.9 Å². The van der Waals surface area contributed by atoms with E-state index in [9.17, 15) is 0 Å². The van der Waals surface area contributed by atoms with Crippen molar-refractivity contribution in [3.8, 4) is 0 Å². The van der Waals surface area contributed by atoms with Gasteiger partial charge in [-0.25, -0.2) is 4.98 Å². The summed E-state index contributed by atoms with van der Waals surface area (Å²) in [6, 6.07) is 0. The van der Waals surface area contributed by atoms with Crippen molar-refractivity contribution >= 4 is 0 Å². The molecular formula is C13H25N3O. The predicted molar refractivity (Wildman–Crippen MR) is 70.0 cm³/mol. The highest BCUT2D eigenvalue weighted by molar-refractivity contribution is 4.73. The van der Waals surface area contributed by atoms with E-state index in [4.69, 9.17) is 4.74 Å². The molecule has 0 fully saturated rings. The van der Waals surface area contributed by atoms with E-state index in [1.54, 1.807) is 0 Å². The summed E-state index contributed by atoms with van der Waals surface area (Å²) in [5.41, 5.74) is 0. The van der Waals surface area contributed by atoms with Gasteiger partial charge in [0.25, 0.3) is 0 Å². The molecule has 0 aromatic carbocycles. The van der Waals surface area contributed by atoms with Crippen LogP contribution in [0.1, 0.15) is 26.7 Å². The topological polar surface area (TPSA) is 39.1 Å². The number of imidazole rings is 1. The number of hydrogen-bond donors (Lipinski definition) is 1. The van der Waals surface area contributed by atoms with Crippen LogP contribution in [0.3, 0.4) is 0 Å². The van der Waals surface area contributed by atoms with Gasteiger partial charge in [-0.1, -0.05) is 13.8 Å². The minimum atomic E-state index is 0.734. The molecule has 0 aliphatic rings. The first-order chi connectivity index (χ1) is 8.29. The highest BCUT2D eigenvalue weighted by atomic mass is 16.5. The Kier molecular flexibility index (Phi) is 7.67. The molecule has 1 heterocycles. The van der Waals surface area contributed by atoms with Crippen molar-refractivity contribution in [3.05, 3.63) is 18.7 Å². The molecule has 1 aromatic rings. The number of aromatic nitrogens is 2. The molecule has 0 bridgehead atoms. The van der Waals surface area contributed by atoms with Gasteiger partial charge in [-0.3, -0.25) is 0 Å². The average molecular weight is 239 g/mol. The van der Waals surface area contributed by atoms with E-state index in [1.165, 1.54) is 0 Å². The second-order valence-electron chi connectivity index (χ2n) is 4.70. The van der Waals surface area contributed by atoms with Crippen LogP contribution < -0.4 is 5.32 Å². The third kappa shape index (κ3) is 7.94. The summed E-state index contributed by atoms with van der Waals surface area (Å²) in [4.78, 5) is 4.01. The van der Waals surface area contributed by atoms with Gasteiger partial charge in [0.2, 0.25) is 0 Å². The molecule has 0 saturated heterocycles. The molecule has 0 aliphatic carbocycles. The molecule has 0 atom stereocenters. The number of hydrogen-bond acceptors (Lipinski definition) is 3. The number of nitrogens with one attached hydrogen (secondary N) is 1. The fourth-order valence-corrected chi connectivity index (χ4v) is 1.50. The number of nitrogens with zero attached hydrogens (tertiary/aromatic N) is 2. The summed E-state index contributed by atoms with van der Waals surface area (Å²) < 4.78 is 7.62. The molecule has 0 saturated carbocycles. The zero-order chi connectivity index (χ0) is 12.3. The quantitative estimate of drug-likeness (QED) is 0.634. The minimum absolute atomic E-state index is 0.734. The fourth-order valence-electron chi connectivity index (χ4n) is 1.50. The predicted octanol–water partition coefficient (Wildman–Crippen LogP) is 1.93. The Labute approximate surface area is 104 Å². The third-order valence-electron chi connectivity index (χ3n) is 2.59. The number of rotatable bonds is 10. The lowest BCUT2D eigenvalue weighted by molar-refractivity contribution is 0.125. The molecule has 1 N–H and O–H groups in total. The van der Waals surface area contributed by atoms with Gasteiger partial charge in [0.1, 0.15) is 0 Å². The Morgan fingerprint density at radius 2 is 2.18 bits per heavy atom. The van der Waals surface area contributed by atoms with E-state index < -0.39 is 0 Å². The van der Waals surface area contributed by atoms with Gasteiger partial charge in [-0.05, 0) is 25.3 Å². The molecule has 17 heavy (non-hydrogen) atoms. The van der Waals surface area contributed by atoms with Crippen molar-refractivity contribution in [2.24, 2.45) is 5.92 Å². The van der Waals surface area contributed by atoms with E-state index in [2.05, 4.69) is 28.7 Å². The summed E-state index contributed by atoms with van der Waals surface area (Å²) >= 11 is 0. The standard InChI is InChI=1S/C13H25N3O/c1-13(2)4-10-17-11-7-14-5-3-8-16-9-6-15-12-16/h6,9,12-14H,3-5,7-8,10-11H2,1-2H3. The maximum absolute atomic E-state index is 5.52. The molecule has 4 heteroatoms. The van der Waals surface area contributed by atoms with E-state index in [-0.39, 0.29) is 0 Å². The normalized spacial score (nSPS) is 11.2. The Morgan fingerprint density at radius 1 is 1.29 bits per heavy atom. The van der Waals surface area contributed by atoms with Crippen LogP contribution in [0, 0.1) is 5.92 Å². The molecule has 1 rings (SSSR count). The van der Waals surface area contributed by atoms with Crippen LogP contribution >= 0.6 is 0 Å². The monoisotopic (exact) mass is 239 g/mol. The molecule has 0 amide bonds. The zero-order valence-electron chi connectivity index (χ0n) is 11.1. The smallest absolute Gasteiger partial charge is 0.0945 e. The zero-order valence-corrected chi connectivity index (χ0v) is 11.1. The van der Waals surface area contributed by atoms with Crippen LogP contribution in [0.5, 0.6) is 0 Å². The Morgan fingerprint density at radius 3 is 2.88 bits per heavy atom. The van der Waals surface area contributed by atoms with Gasteiger partial charge in [-0.15, -0.1) is 0 Å². The van der Waals surface area contributed by atoms with Gasteiger partial charge >= 0.3 is 0 Å². The molecule has 1 aromatic heterocycles. The molecular weight excluding hydrogens is 214 g/mol. The highest BCUT2D eigenvalue weighted by Crippen LogP contribution is 1.98. The van der Waals surface area contributed by atoms with E-state index in [1.807, 2.05) is 18.7 Å².